The molecule has 0 fully saturated rings. The van der Waals surface area contributed by atoms with E-state index in [0.29, 0.717) is 0 Å². The van der Waals surface area contributed by atoms with E-state index in [1.54, 1.807) is 18.1 Å². The molecule has 0 aliphatic rings. The van der Waals surface area contributed by atoms with Gasteiger partial charge in [-0.05, 0) is 12.8 Å². The Morgan fingerprint density at radius 2 is 0.564 bits per heavy atom. The molecule has 0 aliphatic carbocycles. The molecule has 234 valence electrons. The lowest BCUT2D eigenvalue weighted by Gasteiger charge is -2.29. The van der Waals surface area contributed by atoms with E-state index >= 15 is 0 Å². The van der Waals surface area contributed by atoms with Gasteiger partial charge in [0, 0.05) is 0 Å². The van der Waals surface area contributed by atoms with Crippen molar-refractivity contribution < 1.29 is 0 Å². The van der Waals surface area contributed by atoms with Gasteiger partial charge in [0.05, 0.1) is 8.07 Å². The molecule has 0 aromatic heterocycles. The molecule has 0 aromatic carbocycles. The summed E-state index contributed by atoms with van der Waals surface area (Å²) in [5.41, 5.74) is 2.92. The molecule has 0 nitrogen and oxygen atoms in total. The highest BCUT2D eigenvalue weighted by atomic mass is 28.3. The van der Waals surface area contributed by atoms with E-state index < -0.39 is 8.07 Å². The van der Waals surface area contributed by atoms with Crippen LogP contribution in [0, 0.1) is 0 Å². The number of unbranched alkanes of at least 4 members (excludes halogenated alkanes) is 25. The molecule has 0 N–H and O–H groups in total. The van der Waals surface area contributed by atoms with Crippen LogP contribution < -0.4 is 0 Å². The Kier molecular flexibility index (Phi) is 32.4. The number of hydrogen-bond acceptors (Lipinski definition) is 0. The molecule has 0 amide bonds. The Labute approximate surface area is 251 Å². The molecule has 0 spiro atoms. The van der Waals surface area contributed by atoms with Crippen LogP contribution in [0.2, 0.25) is 18.1 Å². The molecule has 1 heteroatoms. The average Bonchev–Trinajstić information content (AvgIpc) is 2.95. The molecule has 39 heavy (non-hydrogen) atoms. The van der Waals surface area contributed by atoms with E-state index in [1.165, 1.54) is 186 Å². The summed E-state index contributed by atoms with van der Waals surface area (Å²) in [7, 11) is -1.28. The van der Waals surface area contributed by atoms with E-state index in [9.17, 15) is 0 Å². The van der Waals surface area contributed by atoms with Gasteiger partial charge in [0.2, 0.25) is 0 Å². The highest BCUT2D eigenvalue weighted by Crippen LogP contribution is 2.31. The third kappa shape index (κ3) is 27.9. The Hall–Kier alpha value is -0.0431. The predicted octanol–water partition coefficient (Wildman–Crippen LogP) is 14.9. The first-order valence-electron chi connectivity index (χ1n) is 18.9. The van der Waals surface area contributed by atoms with Crippen molar-refractivity contribution in [3.8, 4) is 0 Å². The number of allylic oxidation sites excluding steroid dienone is 1. The minimum absolute atomic E-state index is 1.28. The fourth-order valence-electron chi connectivity index (χ4n) is 6.48. The summed E-state index contributed by atoms with van der Waals surface area (Å²) in [6.45, 7) is 9.36. The molecule has 0 atom stereocenters. The molecule has 0 aliphatic heterocycles. The summed E-state index contributed by atoms with van der Waals surface area (Å²) in [6, 6.07) is 4.78. The van der Waals surface area contributed by atoms with Gasteiger partial charge in [-0.25, -0.2) is 0 Å². The summed E-state index contributed by atoms with van der Waals surface area (Å²) in [5, 5.41) is 0. The van der Waals surface area contributed by atoms with Crippen molar-refractivity contribution in [3.63, 3.8) is 0 Å². The van der Waals surface area contributed by atoms with Gasteiger partial charge < -0.3 is 0 Å². The second kappa shape index (κ2) is 32.5. The Morgan fingerprint density at radius 1 is 0.308 bits per heavy atom. The van der Waals surface area contributed by atoms with E-state index in [2.05, 4.69) is 39.5 Å². The monoisotopic (exact) mass is 563 g/mol. The van der Waals surface area contributed by atoms with Gasteiger partial charge in [-0.1, -0.05) is 231 Å². The first-order valence-corrected chi connectivity index (χ1v) is 21.6. The Morgan fingerprint density at radius 3 is 0.872 bits per heavy atom. The minimum Gasteiger partial charge on any atom is -0.0981 e. The van der Waals surface area contributed by atoms with Gasteiger partial charge in [-0.2, -0.15) is 0 Å². The van der Waals surface area contributed by atoms with E-state index in [0.717, 1.165) is 0 Å². The maximum Gasteiger partial charge on any atom is 0.0774 e. The second-order valence-electron chi connectivity index (χ2n) is 13.3. The third-order valence-electron chi connectivity index (χ3n) is 9.28. The normalized spacial score (nSPS) is 12.2. The molecule has 0 unspecified atom stereocenters. The molecular weight excluding hydrogens is 485 g/mol. The zero-order valence-electron chi connectivity index (χ0n) is 28.3. The number of hydrogen-bond donors (Lipinski definition) is 0. The fraction of sp³-hybridized carbons (Fsp3) is 0.947. The van der Waals surface area contributed by atoms with Crippen LogP contribution in [0.5, 0.6) is 0 Å². The van der Waals surface area contributed by atoms with Gasteiger partial charge in [0.15, 0.2) is 0 Å². The van der Waals surface area contributed by atoms with Crippen molar-refractivity contribution >= 4 is 8.07 Å². The smallest absolute Gasteiger partial charge is 0.0774 e. The maximum absolute atomic E-state index is 2.92. The zero-order chi connectivity index (χ0) is 28.5. The molecular formula is C38H78Si. The first kappa shape index (κ1) is 39.0. The van der Waals surface area contributed by atoms with Gasteiger partial charge in [-0.3, -0.25) is 0 Å². The summed E-state index contributed by atoms with van der Waals surface area (Å²) in [4.78, 5) is 0. The van der Waals surface area contributed by atoms with E-state index in [-0.39, 0.29) is 0 Å². The maximum atomic E-state index is 2.92. The lowest BCUT2D eigenvalue weighted by molar-refractivity contribution is 0.557. The van der Waals surface area contributed by atoms with Gasteiger partial charge in [-0.15, -0.1) is 0 Å². The highest BCUT2D eigenvalue weighted by Gasteiger charge is 2.28. The zero-order valence-corrected chi connectivity index (χ0v) is 29.3. The second-order valence-corrected chi connectivity index (χ2v) is 17.8. The summed E-state index contributed by atoms with van der Waals surface area (Å²) < 4.78 is 0. The fourth-order valence-corrected chi connectivity index (χ4v) is 11.3. The van der Waals surface area contributed by atoms with Crippen LogP contribution in [0.4, 0.5) is 0 Å². The molecule has 0 heterocycles. The topological polar surface area (TPSA) is 0 Å². The third-order valence-corrected chi connectivity index (χ3v) is 14.3. The van der Waals surface area contributed by atoms with E-state index in [1.807, 2.05) is 0 Å². The van der Waals surface area contributed by atoms with Gasteiger partial charge >= 0.3 is 0 Å². The quantitative estimate of drug-likeness (QED) is 0.0551. The lowest BCUT2D eigenvalue weighted by Crippen LogP contribution is -2.32. The van der Waals surface area contributed by atoms with Gasteiger partial charge in [0.25, 0.3) is 0 Å². The van der Waals surface area contributed by atoms with Crippen LogP contribution >= 0.6 is 0 Å². The first-order chi connectivity index (χ1) is 19.2. The highest BCUT2D eigenvalue weighted by molar-refractivity contribution is 6.84. The van der Waals surface area contributed by atoms with Crippen LogP contribution in [-0.4, -0.2) is 8.07 Å². The molecule has 0 radical (unpaired) electrons. The SMILES string of the molecule is CCCCCCCCCCCCC=C[Si](CCCCCCCC)(CCCCCCCC)CCCCCCCC. The standard InChI is InChI=1S/C38H78Si/c1-5-9-13-17-21-22-23-24-25-26-30-34-38-39(35-31-27-18-14-10-6-2,36-32-28-19-15-11-7-3)37-33-29-20-16-12-8-4/h34,38H,5-33,35-37H2,1-4H3. The van der Waals surface area contributed by atoms with Crippen LogP contribution in [0.15, 0.2) is 11.8 Å². The van der Waals surface area contributed by atoms with Crippen molar-refractivity contribution in [3.05, 3.63) is 11.8 Å². The molecule has 0 saturated carbocycles. The minimum atomic E-state index is -1.28. The van der Waals surface area contributed by atoms with Crippen molar-refractivity contribution in [2.75, 3.05) is 0 Å². The van der Waals surface area contributed by atoms with Crippen molar-refractivity contribution in [1.29, 1.82) is 0 Å². The van der Waals surface area contributed by atoms with Crippen LogP contribution in [-0.2, 0) is 0 Å². The van der Waals surface area contributed by atoms with E-state index in [4.69, 9.17) is 0 Å². The molecule has 0 aromatic rings. The Balaban J connectivity index is 4.75. The van der Waals surface area contributed by atoms with Gasteiger partial charge in [0.1, 0.15) is 0 Å². The van der Waals surface area contributed by atoms with Crippen LogP contribution in [0.1, 0.15) is 214 Å². The molecule has 0 rings (SSSR count). The predicted molar refractivity (Wildman–Crippen MR) is 186 cm³/mol. The van der Waals surface area contributed by atoms with Crippen molar-refractivity contribution in [2.24, 2.45) is 0 Å². The molecule has 0 saturated heterocycles. The summed E-state index contributed by atoms with van der Waals surface area (Å²) >= 11 is 0. The lowest BCUT2D eigenvalue weighted by atomic mass is 10.1. The largest absolute Gasteiger partial charge is 0.0981 e. The van der Waals surface area contributed by atoms with Crippen LogP contribution in [0.25, 0.3) is 0 Å². The van der Waals surface area contributed by atoms with Crippen molar-refractivity contribution in [2.45, 2.75) is 232 Å². The average molecular weight is 563 g/mol. The summed E-state index contributed by atoms with van der Waals surface area (Å²) in [5.74, 6) is 0. The number of rotatable bonds is 33. The molecule has 0 bridgehead atoms. The van der Waals surface area contributed by atoms with Crippen molar-refractivity contribution in [1.82, 2.24) is 0 Å². The Bertz CT molecular complexity index is 427. The van der Waals surface area contributed by atoms with Crippen LogP contribution in [0.3, 0.4) is 0 Å². The summed E-state index contributed by atoms with van der Waals surface area (Å²) in [6.07, 6.45) is 44.9.